The molecule has 1 N–H and O–H groups in total. The molecule has 0 aliphatic carbocycles. The summed E-state index contributed by atoms with van der Waals surface area (Å²) in [7, 11) is 0. The van der Waals surface area contributed by atoms with Crippen LogP contribution in [0.4, 0.5) is 0 Å². The van der Waals surface area contributed by atoms with Gasteiger partial charge in [-0.25, -0.2) is 0 Å². The monoisotopic (exact) mass is 197 g/mol. The summed E-state index contributed by atoms with van der Waals surface area (Å²) in [6.45, 7) is 5.87. The van der Waals surface area contributed by atoms with Crippen molar-refractivity contribution < 1.29 is 0 Å². The highest BCUT2D eigenvalue weighted by molar-refractivity contribution is 4.81. The zero-order chi connectivity index (χ0) is 10.2. The number of unbranched alkanes of at least 4 members (excludes halogenated alkanes) is 2. The van der Waals surface area contributed by atoms with E-state index in [9.17, 15) is 0 Å². The van der Waals surface area contributed by atoms with E-state index in [2.05, 4.69) is 19.2 Å². The minimum atomic E-state index is 0.855. The van der Waals surface area contributed by atoms with Crippen LogP contribution < -0.4 is 5.32 Å². The van der Waals surface area contributed by atoms with E-state index in [1.165, 1.54) is 57.9 Å². The first-order valence-electron chi connectivity index (χ1n) is 6.61. The van der Waals surface area contributed by atoms with Crippen LogP contribution >= 0.6 is 0 Å². The van der Waals surface area contributed by atoms with Crippen molar-refractivity contribution in [3.05, 3.63) is 0 Å². The fourth-order valence-electron chi connectivity index (χ4n) is 2.59. The Balaban J connectivity index is 2.26. The van der Waals surface area contributed by atoms with Gasteiger partial charge in [0, 0.05) is 6.04 Å². The van der Waals surface area contributed by atoms with Crippen molar-refractivity contribution in [1.29, 1.82) is 0 Å². The molecule has 0 saturated carbocycles. The van der Waals surface area contributed by atoms with Gasteiger partial charge in [0.2, 0.25) is 0 Å². The van der Waals surface area contributed by atoms with Crippen LogP contribution in [0.5, 0.6) is 0 Å². The number of rotatable bonds is 7. The Morgan fingerprint density at radius 1 is 1.14 bits per heavy atom. The lowest BCUT2D eigenvalue weighted by atomic mass is 9.88. The molecule has 1 fully saturated rings. The standard InChI is InChI=1S/C13H27N/c1-3-5-8-12(9-6-4-2)13-10-7-11-14-13/h12-14H,3-11H2,1-2H3. The van der Waals surface area contributed by atoms with Crippen molar-refractivity contribution in [2.45, 2.75) is 71.3 Å². The minimum absolute atomic E-state index is 0.855. The van der Waals surface area contributed by atoms with Gasteiger partial charge in [0.15, 0.2) is 0 Å². The Labute approximate surface area is 89.7 Å². The molecule has 0 bridgehead atoms. The van der Waals surface area contributed by atoms with Crippen LogP contribution in [0.25, 0.3) is 0 Å². The second-order valence-corrected chi connectivity index (χ2v) is 4.75. The summed E-state index contributed by atoms with van der Waals surface area (Å²) in [6, 6.07) is 0.855. The van der Waals surface area contributed by atoms with E-state index in [4.69, 9.17) is 0 Å². The number of hydrogen-bond acceptors (Lipinski definition) is 1. The van der Waals surface area contributed by atoms with Crippen LogP contribution in [0.3, 0.4) is 0 Å². The molecule has 1 aliphatic heterocycles. The van der Waals surface area contributed by atoms with Gasteiger partial charge in [0.05, 0.1) is 0 Å². The van der Waals surface area contributed by atoms with Gasteiger partial charge >= 0.3 is 0 Å². The predicted molar refractivity (Wildman–Crippen MR) is 63.6 cm³/mol. The zero-order valence-electron chi connectivity index (χ0n) is 10.0. The molecular formula is C13H27N. The quantitative estimate of drug-likeness (QED) is 0.655. The van der Waals surface area contributed by atoms with Crippen LogP contribution in [0.1, 0.15) is 65.2 Å². The topological polar surface area (TPSA) is 12.0 Å². The van der Waals surface area contributed by atoms with Gasteiger partial charge in [0.25, 0.3) is 0 Å². The third-order valence-corrected chi connectivity index (χ3v) is 3.52. The molecule has 1 atom stereocenters. The van der Waals surface area contributed by atoms with Gasteiger partial charge in [-0.2, -0.15) is 0 Å². The van der Waals surface area contributed by atoms with E-state index in [1.807, 2.05) is 0 Å². The SMILES string of the molecule is CCCCC(CCCC)C1CCCN1. The molecule has 14 heavy (non-hydrogen) atoms. The first kappa shape index (κ1) is 12.0. The average molecular weight is 197 g/mol. The van der Waals surface area contributed by atoms with Crippen molar-refractivity contribution in [2.75, 3.05) is 6.54 Å². The molecule has 0 amide bonds. The molecule has 1 heterocycles. The minimum Gasteiger partial charge on any atom is -0.314 e. The fourth-order valence-corrected chi connectivity index (χ4v) is 2.59. The molecule has 0 radical (unpaired) electrons. The molecular weight excluding hydrogens is 170 g/mol. The Hall–Kier alpha value is -0.0400. The first-order chi connectivity index (χ1) is 6.88. The molecule has 1 rings (SSSR count). The molecule has 1 unspecified atom stereocenters. The largest absolute Gasteiger partial charge is 0.314 e. The Kier molecular flexibility index (Phi) is 6.25. The van der Waals surface area contributed by atoms with Gasteiger partial charge in [-0.05, 0) is 38.1 Å². The maximum atomic E-state index is 3.67. The summed E-state index contributed by atoms with van der Waals surface area (Å²) >= 11 is 0. The smallest absolute Gasteiger partial charge is 0.00957 e. The molecule has 84 valence electrons. The van der Waals surface area contributed by atoms with E-state index >= 15 is 0 Å². The average Bonchev–Trinajstić information content (AvgIpc) is 2.71. The molecule has 1 aliphatic rings. The van der Waals surface area contributed by atoms with Crippen LogP contribution in [0.2, 0.25) is 0 Å². The van der Waals surface area contributed by atoms with Crippen molar-refractivity contribution in [3.8, 4) is 0 Å². The number of nitrogens with one attached hydrogen (secondary N) is 1. The highest BCUT2D eigenvalue weighted by atomic mass is 14.9. The van der Waals surface area contributed by atoms with Crippen LogP contribution in [-0.4, -0.2) is 12.6 Å². The first-order valence-corrected chi connectivity index (χ1v) is 6.61. The van der Waals surface area contributed by atoms with Gasteiger partial charge in [-0.1, -0.05) is 39.5 Å². The second kappa shape index (κ2) is 7.28. The zero-order valence-corrected chi connectivity index (χ0v) is 10.0. The lowest BCUT2D eigenvalue weighted by Gasteiger charge is -2.23. The molecule has 1 saturated heterocycles. The van der Waals surface area contributed by atoms with E-state index in [-0.39, 0.29) is 0 Å². The Morgan fingerprint density at radius 3 is 2.21 bits per heavy atom. The van der Waals surface area contributed by atoms with Gasteiger partial charge in [-0.15, -0.1) is 0 Å². The molecule has 0 aromatic carbocycles. The summed E-state index contributed by atoms with van der Waals surface area (Å²) in [4.78, 5) is 0. The van der Waals surface area contributed by atoms with Gasteiger partial charge in [-0.3, -0.25) is 0 Å². The van der Waals surface area contributed by atoms with Crippen LogP contribution in [0.15, 0.2) is 0 Å². The third kappa shape index (κ3) is 4.00. The third-order valence-electron chi connectivity index (χ3n) is 3.52. The molecule has 0 aromatic rings. The van der Waals surface area contributed by atoms with Gasteiger partial charge < -0.3 is 5.32 Å². The lowest BCUT2D eigenvalue weighted by Crippen LogP contribution is -2.30. The molecule has 1 heteroatoms. The Morgan fingerprint density at radius 2 is 1.79 bits per heavy atom. The van der Waals surface area contributed by atoms with Crippen LogP contribution in [-0.2, 0) is 0 Å². The normalized spacial score (nSPS) is 22.1. The highest BCUT2D eigenvalue weighted by Crippen LogP contribution is 2.25. The Bertz CT molecular complexity index is 119. The molecule has 0 aromatic heterocycles. The summed E-state index contributed by atoms with van der Waals surface area (Å²) in [5.41, 5.74) is 0. The summed E-state index contributed by atoms with van der Waals surface area (Å²) in [5.74, 6) is 0.970. The maximum absolute atomic E-state index is 3.67. The van der Waals surface area contributed by atoms with E-state index in [0.717, 1.165) is 12.0 Å². The fraction of sp³-hybridized carbons (Fsp3) is 1.00. The lowest BCUT2D eigenvalue weighted by molar-refractivity contribution is 0.327. The van der Waals surface area contributed by atoms with E-state index in [0.29, 0.717) is 0 Å². The van der Waals surface area contributed by atoms with Gasteiger partial charge in [0.1, 0.15) is 0 Å². The maximum Gasteiger partial charge on any atom is 0.00957 e. The van der Waals surface area contributed by atoms with E-state index in [1.54, 1.807) is 0 Å². The van der Waals surface area contributed by atoms with Crippen molar-refractivity contribution in [2.24, 2.45) is 5.92 Å². The van der Waals surface area contributed by atoms with Crippen molar-refractivity contribution >= 4 is 0 Å². The van der Waals surface area contributed by atoms with E-state index < -0.39 is 0 Å². The highest BCUT2D eigenvalue weighted by Gasteiger charge is 2.23. The second-order valence-electron chi connectivity index (χ2n) is 4.75. The summed E-state index contributed by atoms with van der Waals surface area (Å²) < 4.78 is 0. The van der Waals surface area contributed by atoms with Crippen molar-refractivity contribution in [3.63, 3.8) is 0 Å². The summed E-state index contributed by atoms with van der Waals surface area (Å²) in [5, 5.41) is 3.67. The van der Waals surface area contributed by atoms with Crippen LogP contribution in [0, 0.1) is 5.92 Å². The number of hydrogen-bond donors (Lipinski definition) is 1. The van der Waals surface area contributed by atoms with Crippen molar-refractivity contribution in [1.82, 2.24) is 5.32 Å². The molecule has 1 nitrogen and oxygen atoms in total. The summed E-state index contributed by atoms with van der Waals surface area (Å²) in [6.07, 6.45) is 11.3. The predicted octanol–water partition coefficient (Wildman–Crippen LogP) is 3.74. The molecule has 0 spiro atoms.